The summed E-state index contributed by atoms with van der Waals surface area (Å²) in [5.74, 6) is 0.715. The normalized spacial score (nSPS) is 13.4. The Kier molecular flexibility index (Phi) is 5.63. The van der Waals surface area contributed by atoms with Gasteiger partial charge in [0.15, 0.2) is 5.82 Å². The second-order valence-corrected chi connectivity index (χ2v) is 13.3. The van der Waals surface area contributed by atoms with Gasteiger partial charge in [-0.15, -0.1) is 0 Å². The smallest absolute Gasteiger partial charge is 0.160 e. The molecule has 0 aliphatic heterocycles. The van der Waals surface area contributed by atoms with Crippen molar-refractivity contribution in [1.29, 1.82) is 0 Å². The fraction of sp³-hybridized carbons (Fsp3) is 0.0667. The van der Waals surface area contributed by atoms with Crippen molar-refractivity contribution < 1.29 is 4.42 Å². The van der Waals surface area contributed by atoms with Crippen molar-refractivity contribution in [2.24, 2.45) is 0 Å². The average molecular weight is 615 g/mol. The second-order valence-electron chi connectivity index (χ2n) is 13.3. The molecule has 0 saturated carbocycles. The Bertz CT molecular complexity index is 2750. The molecule has 0 spiro atoms. The Labute approximate surface area is 278 Å². The summed E-state index contributed by atoms with van der Waals surface area (Å²) in [5.41, 5.74) is 11.4. The molecule has 1 aliphatic carbocycles. The van der Waals surface area contributed by atoms with Crippen LogP contribution >= 0.6 is 0 Å². The molecule has 0 atom stereocenters. The number of fused-ring (bicyclic) bond motifs is 11. The first-order valence-electron chi connectivity index (χ1n) is 16.5. The molecule has 226 valence electrons. The number of para-hydroxylation sites is 2. The maximum absolute atomic E-state index is 6.43. The van der Waals surface area contributed by atoms with Gasteiger partial charge in [-0.3, -0.25) is 0 Å². The lowest BCUT2D eigenvalue weighted by Gasteiger charge is -2.25. The number of aromatic nitrogens is 2. The summed E-state index contributed by atoms with van der Waals surface area (Å²) < 4.78 is 6.43. The van der Waals surface area contributed by atoms with Crippen LogP contribution in [0.2, 0.25) is 0 Å². The molecule has 0 saturated heterocycles. The van der Waals surface area contributed by atoms with Crippen molar-refractivity contribution in [3.05, 3.63) is 157 Å². The van der Waals surface area contributed by atoms with Crippen LogP contribution in [0.3, 0.4) is 0 Å². The van der Waals surface area contributed by atoms with E-state index >= 15 is 0 Å². The predicted octanol–water partition coefficient (Wildman–Crippen LogP) is 12.0. The Morgan fingerprint density at radius 3 is 1.85 bits per heavy atom. The van der Waals surface area contributed by atoms with E-state index in [0.717, 1.165) is 55.6 Å². The average Bonchev–Trinajstić information content (AvgIpc) is 3.64. The van der Waals surface area contributed by atoms with Crippen LogP contribution in [0, 0.1) is 0 Å². The van der Waals surface area contributed by atoms with Crippen molar-refractivity contribution in [2.45, 2.75) is 19.3 Å². The molecule has 0 bridgehead atoms. The van der Waals surface area contributed by atoms with Gasteiger partial charge in [-0.1, -0.05) is 147 Å². The number of hydrogen-bond acceptors (Lipinski definition) is 3. The van der Waals surface area contributed by atoms with Gasteiger partial charge >= 0.3 is 0 Å². The van der Waals surface area contributed by atoms with Crippen LogP contribution in [0.5, 0.6) is 0 Å². The third kappa shape index (κ3) is 3.76. The SMILES string of the molecule is CC1(C)c2c(-c3ccccc3)nc(-c3cccc(-c4cccc5c4oc4ccccc45)c3)nc2-c2c1c1ccccc1c1ccccc21. The molecule has 3 nitrogen and oxygen atoms in total. The number of hydrogen-bond donors (Lipinski definition) is 0. The maximum atomic E-state index is 6.43. The molecule has 9 aromatic rings. The Morgan fingerprint density at radius 2 is 1.04 bits per heavy atom. The summed E-state index contributed by atoms with van der Waals surface area (Å²) in [5, 5.41) is 7.27. The van der Waals surface area contributed by atoms with E-state index in [2.05, 4.69) is 147 Å². The zero-order chi connectivity index (χ0) is 32.0. The van der Waals surface area contributed by atoms with E-state index in [0.29, 0.717) is 5.82 Å². The minimum Gasteiger partial charge on any atom is -0.455 e. The Morgan fingerprint density at radius 1 is 0.458 bits per heavy atom. The van der Waals surface area contributed by atoms with Gasteiger partial charge in [-0.25, -0.2) is 9.97 Å². The second kappa shape index (κ2) is 9.97. The van der Waals surface area contributed by atoms with E-state index < -0.39 is 0 Å². The van der Waals surface area contributed by atoms with E-state index in [1.165, 1.54) is 38.2 Å². The molecule has 7 aromatic carbocycles. The predicted molar refractivity (Wildman–Crippen MR) is 198 cm³/mol. The summed E-state index contributed by atoms with van der Waals surface area (Å²) in [7, 11) is 0. The molecular weight excluding hydrogens is 585 g/mol. The lowest BCUT2D eigenvalue weighted by molar-refractivity contribution is 0.664. The van der Waals surface area contributed by atoms with Gasteiger partial charge in [-0.2, -0.15) is 0 Å². The van der Waals surface area contributed by atoms with Gasteiger partial charge in [0.2, 0.25) is 0 Å². The van der Waals surface area contributed by atoms with Crippen molar-refractivity contribution in [3.63, 3.8) is 0 Å². The zero-order valence-corrected chi connectivity index (χ0v) is 26.7. The first-order valence-corrected chi connectivity index (χ1v) is 16.5. The highest BCUT2D eigenvalue weighted by Crippen LogP contribution is 2.56. The van der Waals surface area contributed by atoms with Crippen molar-refractivity contribution >= 4 is 43.5 Å². The highest BCUT2D eigenvalue weighted by atomic mass is 16.3. The van der Waals surface area contributed by atoms with Crippen LogP contribution in [0.4, 0.5) is 0 Å². The van der Waals surface area contributed by atoms with Gasteiger partial charge in [0.1, 0.15) is 11.2 Å². The number of rotatable bonds is 3. The van der Waals surface area contributed by atoms with Crippen molar-refractivity contribution in [3.8, 4) is 45.0 Å². The molecule has 0 unspecified atom stereocenters. The minimum absolute atomic E-state index is 0.323. The monoisotopic (exact) mass is 614 g/mol. The number of nitrogens with zero attached hydrogens (tertiary/aromatic N) is 2. The van der Waals surface area contributed by atoms with E-state index in [4.69, 9.17) is 14.4 Å². The molecule has 3 heteroatoms. The summed E-state index contributed by atoms with van der Waals surface area (Å²) in [6.45, 7) is 4.67. The highest BCUT2D eigenvalue weighted by molar-refractivity contribution is 6.18. The molecular formula is C45H30N2O. The number of benzene rings is 7. The molecule has 0 amide bonds. The van der Waals surface area contributed by atoms with E-state index in [-0.39, 0.29) is 5.41 Å². The molecule has 2 aromatic heterocycles. The van der Waals surface area contributed by atoms with Crippen molar-refractivity contribution in [2.75, 3.05) is 0 Å². The topological polar surface area (TPSA) is 38.9 Å². The van der Waals surface area contributed by atoms with Gasteiger partial charge in [0.25, 0.3) is 0 Å². The summed E-state index contributed by atoms with van der Waals surface area (Å²) >= 11 is 0. The maximum Gasteiger partial charge on any atom is 0.160 e. The molecule has 48 heavy (non-hydrogen) atoms. The van der Waals surface area contributed by atoms with Crippen molar-refractivity contribution in [1.82, 2.24) is 9.97 Å². The van der Waals surface area contributed by atoms with E-state index in [1.807, 2.05) is 12.1 Å². The van der Waals surface area contributed by atoms with Crippen LogP contribution in [0.15, 0.2) is 150 Å². The molecule has 2 heterocycles. The van der Waals surface area contributed by atoms with Gasteiger partial charge in [0, 0.05) is 44.0 Å². The molecule has 10 rings (SSSR count). The van der Waals surface area contributed by atoms with Gasteiger partial charge in [-0.05, 0) is 44.8 Å². The first kappa shape index (κ1) is 27.1. The lowest BCUT2D eigenvalue weighted by atomic mass is 9.78. The first-order chi connectivity index (χ1) is 23.6. The largest absolute Gasteiger partial charge is 0.455 e. The van der Waals surface area contributed by atoms with Crippen LogP contribution in [-0.4, -0.2) is 9.97 Å². The molecule has 0 N–H and O–H groups in total. The zero-order valence-electron chi connectivity index (χ0n) is 26.7. The van der Waals surface area contributed by atoms with Gasteiger partial charge < -0.3 is 4.42 Å². The quantitative estimate of drug-likeness (QED) is 0.186. The summed E-state index contributed by atoms with van der Waals surface area (Å²) in [4.78, 5) is 10.9. The third-order valence-electron chi connectivity index (χ3n) is 10.2. The van der Waals surface area contributed by atoms with Crippen LogP contribution in [-0.2, 0) is 5.41 Å². The molecule has 0 fully saturated rings. The lowest BCUT2D eigenvalue weighted by Crippen LogP contribution is -2.18. The standard InChI is InChI=1S/C45H30N2O/c1-45(2)39-35-22-9-7-19-32(35)31-18-6-8-21-34(31)38(39)42-40(45)41(27-14-4-3-5-15-27)46-44(47-42)29-17-12-16-28(26-29)30-23-13-24-36-33-20-10-11-25-37(33)48-43(30)36/h3-26H,1-2H3. The third-order valence-corrected chi connectivity index (χ3v) is 10.2. The molecule has 1 aliphatic rings. The molecule has 0 radical (unpaired) electrons. The number of furan rings is 1. The van der Waals surface area contributed by atoms with Gasteiger partial charge in [0.05, 0.1) is 11.4 Å². The van der Waals surface area contributed by atoms with E-state index in [9.17, 15) is 0 Å². The van der Waals surface area contributed by atoms with Crippen LogP contribution in [0.25, 0.3) is 88.5 Å². The Balaban J connectivity index is 1.26. The minimum atomic E-state index is -0.323. The fourth-order valence-corrected chi connectivity index (χ4v) is 8.13. The summed E-state index contributed by atoms with van der Waals surface area (Å²) in [6.07, 6.45) is 0. The fourth-order valence-electron chi connectivity index (χ4n) is 8.13. The van der Waals surface area contributed by atoms with Crippen LogP contribution in [0.1, 0.15) is 25.0 Å². The Hall–Kier alpha value is -6.06. The summed E-state index contributed by atoms with van der Waals surface area (Å²) in [6, 6.07) is 51.4. The highest BCUT2D eigenvalue weighted by Gasteiger charge is 2.42. The van der Waals surface area contributed by atoms with E-state index in [1.54, 1.807) is 0 Å². The van der Waals surface area contributed by atoms with Crippen LogP contribution < -0.4 is 0 Å².